The van der Waals surface area contributed by atoms with Crippen LogP contribution in [0.5, 0.6) is 5.75 Å². The van der Waals surface area contributed by atoms with Crippen molar-refractivity contribution >= 4 is 11.9 Å². The zero-order valence-corrected chi connectivity index (χ0v) is 14.1. The van der Waals surface area contributed by atoms with Gasteiger partial charge in [-0.15, -0.1) is 0 Å². The average molecular weight is 354 g/mol. The molecule has 3 aromatic rings. The van der Waals surface area contributed by atoms with Gasteiger partial charge in [0.2, 0.25) is 0 Å². The Kier molecular flexibility index (Phi) is 4.79. The predicted molar refractivity (Wildman–Crippen MR) is 91.0 cm³/mol. The van der Waals surface area contributed by atoms with Gasteiger partial charge in [0.05, 0.1) is 24.6 Å². The highest BCUT2D eigenvalue weighted by Gasteiger charge is 2.18. The van der Waals surface area contributed by atoms with Crippen LogP contribution in [0, 0.1) is 12.7 Å². The Morgan fingerprint density at radius 1 is 1.04 bits per heavy atom. The Bertz CT molecular complexity index is 964. The first-order chi connectivity index (χ1) is 12.5. The highest BCUT2D eigenvalue weighted by Crippen LogP contribution is 2.19. The van der Waals surface area contributed by atoms with Crippen LogP contribution in [0.4, 0.5) is 4.39 Å². The first kappa shape index (κ1) is 17.3. The van der Waals surface area contributed by atoms with Crippen LogP contribution in [0.3, 0.4) is 0 Å². The largest absolute Gasteiger partial charge is 0.465 e. The minimum absolute atomic E-state index is 0.213. The number of hydrogen-bond donors (Lipinski definition) is 0. The van der Waals surface area contributed by atoms with E-state index < -0.39 is 17.8 Å². The van der Waals surface area contributed by atoms with Crippen molar-refractivity contribution in [2.75, 3.05) is 7.11 Å². The summed E-state index contributed by atoms with van der Waals surface area (Å²) in [6, 6.07) is 12.1. The fourth-order valence-corrected chi connectivity index (χ4v) is 2.42. The number of nitrogens with zero attached hydrogens (tertiary/aromatic N) is 2. The Balaban J connectivity index is 1.81. The van der Waals surface area contributed by atoms with E-state index in [4.69, 9.17) is 4.74 Å². The fraction of sp³-hybridized carbons (Fsp3) is 0.105. The third-order valence-corrected chi connectivity index (χ3v) is 3.80. The van der Waals surface area contributed by atoms with Crippen molar-refractivity contribution < 1.29 is 23.5 Å². The molecule has 3 rings (SSSR count). The molecular weight excluding hydrogens is 339 g/mol. The standard InChI is InChI=1S/C19H15FN2O4/c1-12-15(11-21-22(12)17-6-4-3-5-16(17)20)19(24)26-14-9-7-13(8-10-14)18(23)25-2/h3-11H,1-2H3. The van der Waals surface area contributed by atoms with Gasteiger partial charge in [-0.05, 0) is 43.3 Å². The zero-order chi connectivity index (χ0) is 18.7. The van der Waals surface area contributed by atoms with Crippen LogP contribution in [0.15, 0.2) is 54.7 Å². The SMILES string of the molecule is COC(=O)c1ccc(OC(=O)c2cnn(-c3ccccc3F)c2C)cc1. The van der Waals surface area contributed by atoms with Crippen LogP contribution in [0.25, 0.3) is 5.69 Å². The number of para-hydroxylation sites is 1. The monoisotopic (exact) mass is 354 g/mol. The zero-order valence-electron chi connectivity index (χ0n) is 14.1. The molecule has 0 unspecified atom stereocenters. The topological polar surface area (TPSA) is 70.4 Å². The normalized spacial score (nSPS) is 10.4. The summed E-state index contributed by atoms with van der Waals surface area (Å²) in [5, 5.41) is 4.07. The quantitative estimate of drug-likeness (QED) is 0.531. The van der Waals surface area contributed by atoms with Crippen LogP contribution in [0.2, 0.25) is 0 Å². The Labute approximate surface area is 148 Å². The molecule has 0 saturated carbocycles. The number of rotatable bonds is 4. The summed E-state index contributed by atoms with van der Waals surface area (Å²) in [7, 11) is 1.28. The molecule has 0 N–H and O–H groups in total. The summed E-state index contributed by atoms with van der Waals surface area (Å²) < 4.78 is 25.2. The van der Waals surface area contributed by atoms with E-state index in [1.165, 1.54) is 48.3 Å². The molecule has 0 aliphatic heterocycles. The minimum Gasteiger partial charge on any atom is -0.465 e. The van der Waals surface area contributed by atoms with E-state index in [0.29, 0.717) is 11.3 Å². The first-order valence-electron chi connectivity index (χ1n) is 7.71. The molecule has 7 heteroatoms. The van der Waals surface area contributed by atoms with Gasteiger partial charge in [-0.3, -0.25) is 0 Å². The number of carbonyl (C=O) groups is 2. The molecule has 0 fully saturated rings. The number of carbonyl (C=O) groups excluding carboxylic acids is 2. The molecule has 0 radical (unpaired) electrons. The Morgan fingerprint density at radius 3 is 2.38 bits per heavy atom. The molecule has 0 bridgehead atoms. The minimum atomic E-state index is -0.629. The second-order valence-corrected chi connectivity index (χ2v) is 5.41. The molecular formula is C19H15FN2O4. The molecule has 0 atom stereocenters. The van der Waals surface area contributed by atoms with E-state index >= 15 is 0 Å². The van der Waals surface area contributed by atoms with Crippen LogP contribution >= 0.6 is 0 Å². The maximum Gasteiger partial charge on any atom is 0.347 e. The summed E-state index contributed by atoms with van der Waals surface area (Å²) in [5.41, 5.74) is 1.25. The molecule has 1 heterocycles. The van der Waals surface area contributed by atoms with E-state index in [2.05, 4.69) is 9.84 Å². The van der Waals surface area contributed by atoms with Gasteiger partial charge in [-0.1, -0.05) is 12.1 Å². The summed E-state index contributed by atoms with van der Waals surface area (Å²) >= 11 is 0. The lowest BCUT2D eigenvalue weighted by atomic mass is 10.2. The lowest BCUT2D eigenvalue weighted by molar-refractivity contribution is 0.0600. The molecule has 0 spiro atoms. The number of aromatic nitrogens is 2. The smallest absolute Gasteiger partial charge is 0.347 e. The fourth-order valence-electron chi connectivity index (χ4n) is 2.42. The lowest BCUT2D eigenvalue weighted by Crippen LogP contribution is -2.11. The van der Waals surface area contributed by atoms with Crippen molar-refractivity contribution in [3.63, 3.8) is 0 Å². The van der Waals surface area contributed by atoms with Crippen LogP contribution < -0.4 is 4.74 Å². The number of ether oxygens (including phenoxy) is 2. The van der Waals surface area contributed by atoms with Crippen molar-refractivity contribution in [2.24, 2.45) is 0 Å². The van der Waals surface area contributed by atoms with Crippen molar-refractivity contribution in [1.29, 1.82) is 0 Å². The molecule has 1 aromatic heterocycles. The first-order valence-corrected chi connectivity index (χ1v) is 7.71. The molecule has 132 valence electrons. The van der Waals surface area contributed by atoms with E-state index in [1.54, 1.807) is 25.1 Å². The van der Waals surface area contributed by atoms with Gasteiger partial charge in [0.25, 0.3) is 0 Å². The Morgan fingerprint density at radius 2 is 1.73 bits per heavy atom. The van der Waals surface area contributed by atoms with E-state index in [-0.39, 0.29) is 17.0 Å². The lowest BCUT2D eigenvalue weighted by Gasteiger charge is -2.07. The molecule has 6 nitrogen and oxygen atoms in total. The third-order valence-electron chi connectivity index (χ3n) is 3.80. The van der Waals surface area contributed by atoms with E-state index in [9.17, 15) is 14.0 Å². The molecule has 0 aliphatic rings. The Hall–Kier alpha value is -3.48. The maximum atomic E-state index is 13.9. The van der Waals surface area contributed by atoms with Crippen molar-refractivity contribution in [1.82, 2.24) is 9.78 Å². The highest BCUT2D eigenvalue weighted by molar-refractivity contribution is 5.92. The van der Waals surface area contributed by atoms with E-state index in [0.717, 1.165) is 0 Å². The summed E-state index contributed by atoms with van der Waals surface area (Å²) in [6.07, 6.45) is 1.33. The van der Waals surface area contributed by atoms with Gasteiger partial charge >= 0.3 is 11.9 Å². The van der Waals surface area contributed by atoms with Crippen molar-refractivity contribution in [3.05, 3.63) is 77.4 Å². The second kappa shape index (κ2) is 7.18. The van der Waals surface area contributed by atoms with Gasteiger partial charge in [0.15, 0.2) is 0 Å². The van der Waals surface area contributed by atoms with Gasteiger partial charge in [0.1, 0.15) is 22.8 Å². The van der Waals surface area contributed by atoms with Crippen LogP contribution in [-0.2, 0) is 4.74 Å². The maximum absolute atomic E-state index is 13.9. The molecule has 0 aliphatic carbocycles. The van der Waals surface area contributed by atoms with Gasteiger partial charge in [0, 0.05) is 0 Å². The summed E-state index contributed by atoms with van der Waals surface area (Å²) in [5.74, 6) is -1.29. The van der Waals surface area contributed by atoms with E-state index in [1.807, 2.05) is 0 Å². The number of halogens is 1. The summed E-state index contributed by atoms with van der Waals surface area (Å²) in [4.78, 5) is 23.8. The number of esters is 2. The number of benzene rings is 2. The molecule has 0 amide bonds. The second-order valence-electron chi connectivity index (χ2n) is 5.41. The third kappa shape index (κ3) is 3.32. The predicted octanol–water partition coefficient (Wildman–Crippen LogP) is 3.33. The van der Waals surface area contributed by atoms with Crippen LogP contribution in [-0.4, -0.2) is 28.8 Å². The van der Waals surface area contributed by atoms with Gasteiger partial charge < -0.3 is 9.47 Å². The van der Waals surface area contributed by atoms with Crippen LogP contribution in [0.1, 0.15) is 26.4 Å². The average Bonchev–Trinajstić information content (AvgIpc) is 3.03. The summed E-state index contributed by atoms with van der Waals surface area (Å²) in [6.45, 7) is 1.65. The molecule has 26 heavy (non-hydrogen) atoms. The number of hydrogen-bond acceptors (Lipinski definition) is 5. The highest BCUT2D eigenvalue weighted by atomic mass is 19.1. The van der Waals surface area contributed by atoms with Gasteiger partial charge in [-0.25, -0.2) is 18.7 Å². The van der Waals surface area contributed by atoms with Crippen molar-refractivity contribution in [2.45, 2.75) is 6.92 Å². The van der Waals surface area contributed by atoms with Crippen molar-refractivity contribution in [3.8, 4) is 11.4 Å². The number of methoxy groups -OCH3 is 1. The van der Waals surface area contributed by atoms with Gasteiger partial charge in [-0.2, -0.15) is 5.10 Å². The molecule has 2 aromatic carbocycles. The molecule has 0 saturated heterocycles.